The number of alkyl halides is 1. The van der Waals surface area contributed by atoms with Crippen molar-refractivity contribution in [2.75, 3.05) is 4.61 Å². The topological polar surface area (TPSA) is 26.3 Å². The molecule has 0 spiro atoms. The smallest absolute Gasteiger partial charge is 0.312 e. The second kappa shape index (κ2) is 3.60. The molecule has 0 heterocycles. The Labute approximate surface area is 104 Å². The van der Waals surface area contributed by atoms with Crippen LogP contribution in [0, 0.1) is 23.2 Å². The molecule has 0 N–H and O–H groups in total. The third kappa shape index (κ3) is 1.61. The molecule has 0 radical (unpaired) electrons. The number of rotatable bonds is 2. The van der Waals surface area contributed by atoms with Crippen LogP contribution in [0.2, 0.25) is 0 Å². The fraction of sp³-hybridized carbons (Fsp3) is 0.917. The average Bonchev–Trinajstić information content (AvgIpc) is 2.15. The van der Waals surface area contributed by atoms with E-state index >= 15 is 0 Å². The first-order valence-electron chi connectivity index (χ1n) is 5.95. The lowest BCUT2D eigenvalue weighted by molar-refractivity contribution is -0.168. The van der Waals surface area contributed by atoms with Gasteiger partial charge >= 0.3 is 5.97 Å². The standard InChI is InChI=1S/C12H17IO2/c13-7-15-11(14)12-4-8-1-9(5-12)3-10(2-8)6-12/h8-10H,1-7H2. The number of esters is 1. The van der Waals surface area contributed by atoms with Gasteiger partial charge in [-0.25, -0.2) is 0 Å². The Kier molecular flexibility index (Phi) is 2.49. The normalized spacial score (nSPS) is 46.9. The second-order valence-corrected chi connectivity index (χ2v) is 6.36. The molecule has 4 saturated carbocycles. The molecule has 2 nitrogen and oxygen atoms in total. The fourth-order valence-corrected chi connectivity index (χ4v) is 4.85. The zero-order valence-corrected chi connectivity index (χ0v) is 11.0. The van der Waals surface area contributed by atoms with Gasteiger partial charge in [0.15, 0.2) is 0 Å². The van der Waals surface area contributed by atoms with Gasteiger partial charge in [-0.2, -0.15) is 0 Å². The Hall–Kier alpha value is 0.200. The molecular weight excluding hydrogens is 303 g/mol. The molecule has 84 valence electrons. The van der Waals surface area contributed by atoms with E-state index < -0.39 is 0 Å². The minimum atomic E-state index is -0.0556. The minimum Gasteiger partial charge on any atom is -0.455 e. The number of carbonyl (C=O) groups excluding carboxylic acids is 1. The van der Waals surface area contributed by atoms with Crippen molar-refractivity contribution in [1.29, 1.82) is 0 Å². The van der Waals surface area contributed by atoms with Gasteiger partial charge in [0.1, 0.15) is 4.61 Å². The first-order valence-corrected chi connectivity index (χ1v) is 7.47. The van der Waals surface area contributed by atoms with Crippen molar-refractivity contribution in [3.8, 4) is 0 Å². The van der Waals surface area contributed by atoms with Crippen molar-refractivity contribution < 1.29 is 9.53 Å². The molecule has 4 bridgehead atoms. The van der Waals surface area contributed by atoms with E-state index in [1.54, 1.807) is 0 Å². The zero-order chi connectivity index (χ0) is 10.5. The first-order chi connectivity index (χ1) is 7.22. The first kappa shape index (κ1) is 10.4. The molecule has 3 heteroatoms. The molecule has 0 unspecified atom stereocenters. The van der Waals surface area contributed by atoms with Gasteiger partial charge in [0, 0.05) is 0 Å². The van der Waals surface area contributed by atoms with Crippen LogP contribution in [0.15, 0.2) is 0 Å². The van der Waals surface area contributed by atoms with Crippen LogP contribution in [0.5, 0.6) is 0 Å². The van der Waals surface area contributed by atoms with Gasteiger partial charge in [-0.05, 0) is 78.9 Å². The number of hydrogen-bond acceptors (Lipinski definition) is 2. The molecule has 4 rings (SSSR count). The summed E-state index contributed by atoms with van der Waals surface area (Å²) in [7, 11) is 0. The minimum absolute atomic E-state index is 0.0556. The van der Waals surface area contributed by atoms with E-state index in [2.05, 4.69) is 22.6 Å². The molecule has 4 aliphatic carbocycles. The highest BCUT2D eigenvalue weighted by Crippen LogP contribution is 2.60. The summed E-state index contributed by atoms with van der Waals surface area (Å²) in [6, 6.07) is 0. The highest BCUT2D eigenvalue weighted by molar-refractivity contribution is 14.1. The van der Waals surface area contributed by atoms with Crippen LogP contribution in [0.1, 0.15) is 38.5 Å². The SMILES string of the molecule is O=C(OCI)C12CC3CC(CC(C3)C1)C2. The molecule has 15 heavy (non-hydrogen) atoms. The third-order valence-electron chi connectivity index (χ3n) is 4.66. The summed E-state index contributed by atoms with van der Waals surface area (Å²) in [6.07, 6.45) is 7.52. The van der Waals surface area contributed by atoms with E-state index in [1.165, 1.54) is 19.3 Å². The van der Waals surface area contributed by atoms with Gasteiger partial charge in [-0.15, -0.1) is 0 Å². The summed E-state index contributed by atoms with van der Waals surface area (Å²) in [6.45, 7) is 0. The monoisotopic (exact) mass is 320 g/mol. The zero-order valence-electron chi connectivity index (χ0n) is 8.88. The second-order valence-electron chi connectivity index (χ2n) is 5.74. The molecule has 0 atom stereocenters. The molecule has 4 fully saturated rings. The molecule has 0 aromatic carbocycles. The molecule has 0 aliphatic heterocycles. The van der Waals surface area contributed by atoms with Crippen molar-refractivity contribution in [1.82, 2.24) is 0 Å². The highest BCUT2D eigenvalue weighted by Gasteiger charge is 2.55. The predicted molar refractivity (Wildman–Crippen MR) is 65.6 cm³/mol. The van der Waals surface area contributed by atoms with Gasteiger partial charge in [0.05, 0.1) is 5.41 Å². The lowest BCUT2D eigenvalue weighted by Gasteiger charge is -2.55. The van der Waals surface area contributed by atoms with E-state index in [0.717, 1.165) is 37.0 Å². The van der Waals surface area contributed by atoms with Crippen molar-refractivity contribution >= 4 is 28.6 Å². The number of hydrogen-bond donors (Lipinski definition) is 0. The van der Waals surface area contributed by atoms with Gasteiger partial charge in [0.2, 0.25) is 0 Å². The van der Waals surface area contributed by atoms with Gasteiger partial charge in [0.25, 0.3) is 0 Å². The maximum atomic E-state index is 12.1. The summed E-state index contributed by atoms with van der Waals surface area (Å²) >= 11 is 2.12. The van der Waals surface area contributed by atoms with Crippen molar-refractivity contribution in [2.24, 2.45) is 23.2 Å². The largest absolute Gasteiger partial charge is 0.455 e. The predicted octanol–water partition coefficient (Wildman–Crippen LogP) is 3.14. The van der Waals surface area contributed by atoms with E-state index in [1.807, 2.05) is 0 Å². The Morgan fingerprint density at radius 3 is 2.00 bits per heavy atom. The average molecular weight is 320 g/mol. The number of ether oxygens (including phenoxy) is 1. The maximum absolute atomic E-state index is 12.1. The molecule has 0 amide bonds. The van der Waals surface area contributed by atoms with Gasteiger partial charge in [-0.1, -0.05) is 0 Å². The lowest BCUT2D eigenvalue weighted by Crippen LogP contribution is -2.50. The van der Waals surface area contributed by atoms with E-state index in [-0.39, 0.29) is 11.4 Å². The molecule has 0 aromatic rings. The van der Waals surface area contributed by atoms with Crippen LogP contribution in [-0.4, -0.2) is 10.6 Å². The molecule has 0 aromatic heterocycles. The summed E-state index contributed by atoms with van der Waals surface area (Å²) in [4.78, 5) is 12.1. The van der Waals surface area contributed by atoms with Crippen LogP contribution in [-0.2, 0) is 9.53 Å². The maximum Gasteiger partial charge on any atom is 0.312 e. The Balaban J connectivity index is 1.83. The van der Waals surface area contributed by atoms with E-state index in [9.17, 15) is 4.79 Å². The molecule has 4 aliphatic rings. The van der Waals surface area contributed by atoms with E-state index in [4.69, 9.17) is 4.74 Å². The van der Waals surface area contributed by atoms with Crippen molar-refractivity contribution in [3.05, 3.63) is 0 Å². The van der Waals surface area contributed by atoms with Crippen LogP contribution in [0.4, 0.5) is 0 Å². The third-order valence-corrected chi connectivity index (χ3v) is 4.97. The van der Waals surface area contributed by atoms with Crippen LogP contribution in [0.25, 0.3) is 0 Å². The summed E-state index contributed by atoms with van der Waals surface area (Å²) < 4.78 is 5.79. The number of carbonyl (C=O) groups is 1. The highest BCUT2D eigenvalue weighted by atomic mass is 127. The fourth-order valence-electron chi connectivity index (χ4n) is 4.56. The van der Waals surface area contributed by atoms with E-state index in [0.29, 0.717) is 4.61 Å². The van der Waals surface area contributed by atoms with Gasteiger partial charge < -0.3 is 4.74 Å². The molecule has 0 saturated heterocycles. The Morgan fingerprint density at radius 1 is 1.13 bits per heavy atom. The Bertz CT molecular complexity index is 252. The number of halogens is 1. The lowest BCUT2D eigenvalue weighted by atomic mass is 9.49. The quantitative estimate of drug-likeness (QED) is 0.444. The van der Waals surface area contributed by atoms with Crippen molar-refractivity contribution in [2.45, 2.75) is 38.5 Å². The van der Waals surface area contributed by atoms with Crippen LogP contribution < -0.4 is 0 Å². The summed E-state index contributed by atoms with van der Waals surface area (Å²) in [5, 5.41) is 0. The van der Waals surface area contributed by atoms with Crippen LogP contribution >= 0.6 is 22.6 Å². The Morgan fingerprint density at radius 2 is 1.60 bits per heavy atom. The molecular formula is C12H17IO2. The van der Waals surface area contributed by atoms with Gasteiger partial charge in [-0.3, -0.25) is 4.79 Å². The summed E-state index contributed by atoms with van der Waals surface area (Å²) in [5.74, 6) is 2.60. The summed E-state index contributed by atoms with van der Waals surface area (Å²) in [5.41, 5.74) is -0.0556. The van der Waals surface area contributed by atoms with Crippen LogP contribution in [0.3, 0.4) is 0 Å². The van der Waals surface area contributed by atoms with Crippen molar-refractivity contribution in [3.63, 3.8) is 0 Å².